The van der Waals surface area contributed by atoms with Crippen LogP contribution < -0.4 is 5.43 Å². The third-order valence-corrected chi connectivity index (χ3v) is 4.41. The highest BCUT2D eigenvalue weighted by Crippen LogP contribution is 2.24. The van der Waals surface area contributed by atoms with Crippen molar-refractivity contribution >= 4 is 45.0 Å². The number of amides is 1. The van der Waals surface area contributed by atoms with Crippen LogP contribution in [0.4, 0.5) is 0 Å². The van der Waals surface area contributed by atoms with E-state index in [1.807, 2.05) is 55.5 Å². The summed E-state index contributed by atoms with van der Waals surface area (Å²) in [5.74, 6) is -0.503. The molecule has 3 aromatic rings. The fourth-order valence-corrected chi connectivity index (χ4v) is 2.72. The first kappa shape index (κ1) is 16.4. The van der Waals surface area contributed by atoms with E-state index in [0.29, 0.717) is 5.71 Å². The molecule has 0 heterocycles. The maximum atomic E-state index is 12.3. The summed E-state index contributed by atoms with van der Waals surface area (Å²) in [6, 6.07) is 18.6. The first-order chi connectivity index (χ1) is 11.5. The molecule has 0 radical (unpaired) electrons. The van der Waals surface area contributed by atoms with Crippen LogP contribution in [0.5, 0.6) is 5.75 Å². The molecule has 0 aliphatic carbocycles. The molecule has 3 rings (SSSR count). The van der Waals surface area contributed by atoms with Gasteiger partial charge in [0.25, 0.3) is 5.91 Å². The van der Waals surface area contributed by atoms with Crippen molar-refractivity contribution < 1.29 is 9.90 Å². The summed E-state index contributed by atoms with van der Waals surface area (Å²) in [6.07, 6.45) is 0. The van der Waals surface area contributed by atoms with E-state index in [-0.39, 0.29) is 11.3 Å². The van der Waals surface area contributed by atoms with Crippen LogP contribution in [0, 0.1) is 3.57 Å². The van der Waals surface area contributed by atoms with E-state index in [4.69, 9.17) is 0 Å². The largest absolute Gasteiger partial charge is 0.507 e. The zero-order chi connectivity index (χ0) is 17.1. The highest BCUT2D eigenvalue weighted by molar-refractivity contribution is 14.1. The number of carbonyl (C=O) groups is 1. The van der Waals surface area contributed by atoms with Gasteiger partial charge in [0.1, 0.15) is 5.75 Å². The summed E-state index contributed by atoms with van der Waals surface area (Å²) in [5, 5.41) is 16.0. The lowest BCUT2D eigenvalue weighted by atomic mass is 10.1. The second-order valence-corrected chi connectivity index (χ2v) is 6.61. The number of carbonyl (C=O) groups excluding carboxylic acids is 1. The van der Waals surface area contributed by atoms with E-state index in [2.05, 4.69) is 33.1 Å². The number of hydrazone groups is 1. The van der Waals surface area contributed by atoms with Crippen molar-refractivity contribution in [3.63, 3.8) is 0 Å². The number of rotatable bonds is 3. The quantitative estimate of drug-likeness (QED) is 0.370. The highest BCUT2D eigenvalue weighted by Gasteiger charge is 2.12. The first-order valence-corrected chi connectivity index (χ1v) is 8.45. The van der Waals surface area contributed by atoms with Gasteiger partial charge in [-0.25, -0.2) is 5.43 Å². The molecule has 1 amide bonds. The Morgan fingerprint density at radius 1 is 1.04 bits per heavy atom. The molecule has 0 saturated heterocycles. The van der Waals surface area contributed by atoms with Crippen molar-refractivity contribution in [2.45, 2.75) is 6.92 Å². The van der Waals surface area contributed by atoms with Gasteiger partial charge >= 0.3 is 0 Å². The zero-order valence-electron chi connectivity index (χ0n) is 13.0. The molecule has 24 heavy (non-hydrogen) atoms. The molecule has 0 aliphatic heterocycles. The minimum absolute atomic E-state index is 0.0617. The average molecular weight is 430 g/mol. The van der Waals surface area contributed by atoms with Gasteiger partial charge in [0, 0.05) is 3.57 Å². The van der Waals surface area contributed by atoms with Crippen LogP contribution in [0.1, 0.15) is 22.8 Å². The third-order valence-electron chi connectivity index (χ3n) is 3.70. The summed E-state index contributed by atoms with van der Waals surface area (Å²) in [7, 11) is 0. The Morgan fingerprint density at radius 2 is 1.67 bits per heavy atom. The number of hydrogen-bond donors (Lipinski definition) is 2. The lowest BCUT2D eigenvalue weighted by molar-refractivity contribution is 0.0952. The summed E-state index contributed by atoms with van der Waals surface area (Å²) in [4.78, 5) is 12.3. The Hall–Kier alpha value is -2.41. The maximum Gasteiger partial charge on any atom is 0.275 e. The number of nitrogens with one attached hydrogen (secondary N) is 1. The molecule has 0 unspecified atom stereocenters. The standard InChI is InChI=1S/C19H15IN2O2/c1-12(13-6-8-16(20)9-7-13)21-22-19(24)17-10-14-4-2-3-5-15(14)11-18(17)23/h2-11,23H,1H3,(H,22,24). The second kappa shape index (κ2) is 7.00. The van der Waals surface area contributed by atoms with Crippen LogP contribution in [-0.4, -0.2) is 16.7 Å². The fraction of sp³-hybridized carbons (Fsp3) is 0.0526. The van der Waals surface area contributed by atoms with Gasteiger partial charge < -0.3 is 5.11 Å². The predicted molar refractivity (Wildman–Crippen MR) is 104 cm³/mol. The van der Waals surface area contributed by atoms with Crippen molar-refractivity contribution in [3.05, 3.63) is 75.4 Å². The monoisotopic (exact) mass is 430 g/mol. The zero-order valence-corrected chi connectivity index (χ0v) is 15.1. The molecule has 3 aromatic carbocycles. The minimum atomic E-state index is -0.442. The normalized spacial score (nSPS) is 11.5. The van der Waals surface area contributed by atoms with Gasteiger partial charge in [0.15, 0.2) is 0 Å². The maximum absolute atomic E-state index is 12.3. The topological polar surface area (TPSA) is 61.7 Å². The molecule has 0 spiro atoms. The molecule has 4 nitrogen and oxygen atoms in total. The summed E-state index contributed by atoms with van der Waals surface area (Å²) < 4.78 is 1.13. The lowest BCUT2D eigenvalue weighted by Crippen LogP contribution is -2.19. The molecular weight excluding hydrogens is 415 g/mol. The van der Waals surface area contributed by atoms with E-state index in [0.717, 1.165) is 19.9 Å². The van der Waals surface area contributed by atoms with Crippen molar-refractivity contribution in [1.82, 2.24) is 5.43 Å². The first-order valence-electron chi connectivity index (χ1n) is 7.37. The van der Waals surface area contributed by atoms with Crippen LogP contribution >= 0.6 is 22.6 Å². The van der Waals surface area contributed by atoms with Crippen LogP contribution in [0.3, 0.4) is 0 Å². The highest BCUT2D eigenvalue weighted by atomic mass is 127. The molecular formula is C19H15IN2O2. The smallest absolute Gasteiger partial charge is 0.275 e. The molecule has 0 aromatic heterocycles. The Bertz CT molecular complexity index is 934. The molecule has 120 valence electrons. The summed E-state index contributed by atoms with van der Waals surface area (Å²) in [5.41, 5.74) is 4.33. The van der Waals surface area contributed by atoms with Crippen LogP contribution in [-0.2, 0) is 0 Å². The molecule has 0 bridgehead atoms. The second-order valence-electron chi connectivity index (χ2n) is 5.36. The SMILES string of the molecule is CC(=NNC(=O)c1cc2ccccc2cc1O)c1ccc(I)cc1. The van der Waals surface area contributed by atoms with Crippen molar-refractivity contribution in [2.24, 2.45) is 5.10 Å². The van der Waals surface area contributed by atoms with E-state index >= 15 is 0 Å². The Morgan fingerprint density at radius 3 is 2.33 bits per heavy atom. The lowest BCUT2D eigenvalue weighted by Gasteiger charge is -2.07. The molecule has 0 atom stereocenters. The number of halogens is 1. The van der Waals surface area contributed by atoms with Gasteiger partial charge in [-0.3, -0.25) is 4.79 Å². The Kier molecular flexibility index (Phi) is 4.80. The minimum Gasteiger partial charge on any atom is -0.507 e. The molecule has 0 fully saturated rings. The number of phenols is 1. The van der Waals surface area contributed by atoms with Gasteiger partial charge in [0.05, 0.1) is 11.3 Å². The van der Waals surface area contributed by atoms with Crippen molar-refractivity contribution in [2.75, 3.05) is 0 Å². The number of hydrogen-bond acceptors (Lipinski definition) is 3. The molecule has 2 N–H and O–H groups in total. The molecule has 5 heteroatoms. The van der Waals surface area contributed by atoms with Crippen LogP contribution in [0.2, 0.25) is 0 Å². The van der Waals surface area contributed by atoms with E-state index in [1.54, 1.807) is 12.1 Å². The number of aromatic hydroxyl groups is 1. The Labute approximate surface area is 153 Å². The summed E-state index contributed by atoms with van der Waals surface area (Å²) in [6.45, 7) is 1.82. The van der Waals surface area contributed by atoms with Gasteiger partial charge in [-0.1, -0.05) is 36.4 Å². The van der Waals surface area contributed by atoms with Crippen molar-refractivity contribution in [1.29, 1.82) is 0 Å². The van der Waals surface area contributed by atoms with E-state index in [1.165, 1.54) is 0 Å². The van der Waals surface area contributed by atoms with Gasteiger partial charge in [0.2, 0.25) is 0 Å². The number of phenolic OH excluding ortho intramolecular Hbond substituents is 1. The van der Waals surface area contributed by atoms with E-state index < -0.39 is 5.91 Å². The van der Waals surface area contributed by atoms with Gasteiger partial charge in [-0.2, -0.15) is 5.10 Å². The van der Waals surface area contributed by atoms with Gasteiger partial charge in [-0.15, -0.1) is 0 Å². The fourth-order valence-electron chi connectivity index (χ4n) is 2.36. The molecule has 0 aliphatic rings. The van der Waals surface area contributed by atoms with E-state index in [9.17, 15) is 9.90 Å². The average Bonchev–Trinajstić information content (AvgIpc) is 2.59. The number of fused-ring (bicyclic) bond motifs is 1. The third kappa shape index (κ3) is 3.56. The molecule has 0 saturated carbocycles. The predicted octanol–water partition coefficient (Wildman–Crippen LogP) is 4.30. The summed E-state index contributed by atoms with van der Waals surface area (Å²) >= 11 is 2.23. The van der Waals surface area contributed by atoms with Gasteiger partial charge in [-0.05, 0) is 70.1 Å². The number of benzene rings is 3. The van der Waals surface area contributed by atoms with Crippen LogP contribution in [0.25, 0.3) is 10.8 Å². The Balaban J connectivity index is 1.83. The number of nitrogens with zero attached hydrogens (tertiary/aromatic N) is 1. The van der Waals surface area contributed by atoms with Crippen molar-refractivity contribution in [3.8, 4) is 5.75 Å². The van der Waals surface area contributed by atoms with Crippen LogP contribution in [0.15, 0.2) is 65.8 Å².